The number of anilines is 1. The molecule has 0 spiro atoms. The van der Waals surface area contributed by atoms with Crippen molar-refractivity contribution in [3.63, 3.8) is 0 Å². The van der Waals surface area contributed by atoms with E-state index in [9.17, 15) is 0 Å². The van der Waals surface area contributed by atoms with Gasteiger partial charge in [0.15, 0.2) is 6.19 Å². The van der Waals surface area contributed by atoms with E-state index in [2.05, 4.69) is 5.32 Å². The van der Waals surface area contributed by atoms with Crippen LogP contribution in [0.25, 0.3) is 0 Å². The van der Waals surface area contributed by atoms with Gasteiger partial charge in [0.25, 0.3) is 0 Å². The summed E-state index contributed by atoms with van der Waals surface area (Å²) in [6.07, 6.45) is 1.83. The molecule has 2 nitrogen and oxygen atoms in total. The van der Waals surface area contributed by atoms with Crippen LogP contribution in [0.2, 0.25) is 0 Å². The minimum absolute atomic E-state index is 0. The van der Waals surface area contributed by atoms with Gasteiger partial charge in [0.2, 0.25) is 0 Å². The molecule has 44 valence electrons. The molecule has 0 aromatic heterocycles. The van der Waals surface area contributed by atoms with Gasteiger partial charge in [0.05, 0.1) is 0 Å². The molecule has 0 fully saturated rings. The standard InChI is InChI=1S/C7H6N2.Na/c8-6-9-7-4-2-1-3-5-7;/h1-5,9H;/q;+1. The number of para-hydroxylation sites is 1. The summed E-state index contributed by atoms with van der Waals surface area (Å²) < 4.78 is 0. The topological polar surface area (TPSA) is 35.8 Å². The molecule has 0 bridgehead atoms. The summed E-state index contributed by atoms with van der Waals surface area (Å²) in [5, 5.41) is 10.7. The second kappa shape index (κ2) is 5.31. The predicted octanol–water partition coefficient (Wildman–Crippen LogP) is -1.42. The van der Waals surface area contributed by atoms with Crippen LogP contribution in [0.4, 0.5) is 5.69 Å². The fourth-order valence-electron chi connectivity index (χ4n) is 0.586. The number of nitrogens with one attached hydrogen (secondary N) is 1. The van der Waals surface area contributed by atoms with Crippen molar-refractivity contribution in [2.75, 3.05) is 5.32 Å². The minimum atomic E-state index is 0. The third kappa shape index (κ3) is 2.88. The molecule has 0 radical (unpaired) electrons. The fraction of sp³-hybridized carbons (Fsp3) is 0. The summed E-state index contributed by atoms with van der Waals surface area (Å²) >= 11 is 0. The molecule has 3 heteroatoms. The van der Waals surface area contributed by atoms with Crippen LogP contribution in [0.15, 0.2) is 30.3 Å². The molecule has 0 aliphatic rings. The molecule has 1 aromatic carbocycles. The van der Waals surface area contributed by atoms with Crippen LogP contribution < -0.4 is 34.9 Å². The van der Waals surface area contributed by atoms with Crippen molar-refractivity contribution < 1.29 is 29.6 Å². The molecule has 1 N–H and O–H groups in total. The molecule has 1 rings (SSSR count). The van der Waals surface area contributed by atoms with Gasteiger partial charge in [-0.25, -0.2) is 0 Å². The molecule has 0 amide bonds. The van der Waals surface area contributed by atoms with Gasteiger partial charge in [-0.3, -0.25) is 5.32 Å². The molecular weight excluding hydrogens is 135 g/mol. The Balaban J connectivity index is 0.000000810. The van der Waals surface area contributed by atoms with Crippen LogP contribution in [-0.2, 0) is 0 Å². The molecule has 0 saturated heterocycles. The summed E-state index contributed by atoms with van der Waals surface area (Å²) in [7, 11) is 0. The van der Waals surface area contributed by atoms with E-state index in [1.54, 1.807) is 0 Å². The molecular formula is C7H6N2Na+. The minimum Gasteiger partial charge on any atom is -0.293 e. The normalized spacial score (nSPS) is 7.10. The Hall–Kier alpha value is -0.490. The van der Waals surface area contributed by atoms with Crippen LogP contribution in [0, 0.1) is 11.5 Å². The van der Waals surface area contributed by atoms with Crippen molar-refractivity contribution in [1.82, 2.24) is 0 Å². The molecule has 0 atom stereocenters. The molecule has 10 heavy (non-hydrogen) atoms. The first-order valence-corrected chi connectivity index (χ1v) is 2.63. The van der Waals surface area contributed by atoms with Crippen LogP contribution in [0.1, 0.15) is 0 Å². The number of nitrogens with zero attached hydrogens (tertiary/aromatic N) is 1. The van der Waals surface area contributed by atoms with Gasteiger partial charge in [-0.15, -0.1) is 0 Å². The number of nitriles is 1. The van der Waals surface area contributed by atoms with E-state index in [0.29, 0.717) is 0 Å². The van der Waals surface area contributed by atoms with E-state index >= 15 is 0 Å². The first kappa shape index (κ1) is 9.51. The molecule has 0 heterocycles. The maximum atomic E-state index is 8.16. The third-order valence-corrected chi connectivity index (χ3v) is 0.974. The first-order valence-electron chi connectivity index (χ1n) is 2.63. The van der Waals surface area contributed by atoms with E-state index in [1.807, 2.05) is 36.5 Å². The van der Waals surface area contributed by atoms with E-state index in [1.165, 1.54) is 0 Å². The Bertz CT molecular complexity index is 215. The van der Waals surface area contributed by atoms with E-state index in [0.717, 1.165) is 5.69 Å². The number of hydrogen-bond donors (Lipinski definition) is 1. The van der Waals surface area contributed by atoms with Crippen molar-refractivity contribution in [1.29, 1.82) is 5.26 Å². The number of hydrogen-bond acceptors (Lipinski definition) is 2. The molecule has 0 aliphatic heterocycles. The molecule has 0 aliphatic carbocycles. The summed E-state index contributed by atoms with van der Waals surface area (Å²) in [4.78, 5) is 0. The van der Waals surface area contributed by atoms with E-state index in [4.69, 9.17) is 5.26 Å². The third-order valence-electron chi connectivity index (χ3n) is 0.974. The van der Waals surface area contributed by atoms with Crippen LogP contribution in [-0.4, -0.2) is 0 Å². The quantitative estimate of drug-likeness (QED) is 0.296. The largest absolute Gasteiger partial charge is 1.00 e. The van der Waals surface area contributed by atoms with Crippen molar-refractivity contribution in [2.24, 2.45) is 0 Å². The summed E-state index contributed by atoms with van der Waals surface area (Å²) in [5.41, 5.74) is 0.833. The summed E-state index contributed by atoms with van der Waals surface area (Å²) in [6.45, 7) is 0. The molecule has 0 saturated carbocycles. The van der Waals surface area contributed by atoms with Crippen molar-refractivity contribution in [3.8, 4) is 6.19 Å². The van der Waals surface area contributed by atoms with Gasteiger partial charge in [-0.1, -0.05) is 18.2 Å². The maximum Gasteiger partial charge on any atom is 1.00 e. The van der Waals surface area contributed by atoms with Gasteiger partial charge in [-0.05, 0) is 12.1 Å². The molecule has 1 aromatic rings. The average molecular weight is 141 g/mol. The molecule has 0 unspecified atom stereocenters. The van der Waals surface area contributed by atoms with Gasteiger partial charge >= 0.3 is 29.6 Å². The Labute approximate surface area is 82.2 Å². The van der Waals surface area contributed by atoms with Gasteiger partial charge in [0, 0.05) is 5.69 Å². The van der Waals surface area contributed by atoms with E-state index < -0.39 is 0 Å². The fourth-order valence-corrected chi connectivity index (χ4v) is 0.586. The second-order valence-electron chi connectivity index (χ2n) is 1.60. The zero-order valence-electron chi connectivity index (χ0n) is 5.83. The SMILES string of the molecule is N#CNc1ccccc1.[Na+]. The van der Waals surface area contributed by atoms with Crippen molar-refractivity contribution >= 4 is 5.69 Å². The second-order valence-corrected chi connectivity index (χ2v) is 1.60. The Kier molecular flexibility index (Phi) is 5.05. The van der Waals surface area contributed by atoms with Gasteiger partial charge in [0.1, 0.15) is 0 Å². The number of benzene rings is 1. The zero-order valence-corrected chi connectivity index (χ0v) is 7.83. The van der Waals surface area contributed by atoms with Crippen LogP contribution in [0.5, 0.6) is 0 Å². The van der Waals surface area contributed by atoms with Crippen molar-refractivity contribution in [3.05, 3.63) is 30.3 Å². The Morgan fingerprint density at radius 1 is 1.20 bits per heavy atom. The predicted molar refractivity (Wildman–Crippen MR) is 35.7 cm³/mol. The monoisotopic (exact) mass is 141 g/mol. The van der Waals surface area contributed by atoms with Gasteiger partial charge < -0.3 is 0 Å². The first-order chi connectivity index (χ1) is 4.43. The van der Waals surface area contributed by atoms with Crippen molar-refractivity contribution in [2.45, 2.75) is 0 Å². The average Bonchev–Trinajstić information content (AvgIpc) is 1.91. The maximum absolute atomic E-state index is 8.16. The Morgan fingerprint density at radius 2 is 1.80 bits per heavy atom. The van der Waals surface area contributed by atoms with E-state index in [-0.39, 0.29) is 29.6 Å². The zero-order chi connectivity index (χ0) is 6.53. The summed E-state index contributed by atoms with van der Waals surface area (Å²) in [5.74, 6) is 0. The van der Waals surface area contributed by atoms with Gasteiger partial charge in [-0.2, -0.15) is 5.26 Å². The smallest absolute Gasteiger partial charge is 0.293 e. The van der Waals surface area contributed by atoms with Crippen LogP contribution >= 0.6 is 0 Å². The number of rotatable bonds is 1. The van der Waals surface area contributed by atoms with Crippen LogP contribution in [0.3, 0.4) is 0 Å². The Morgan fingerprint density at radius 3 is 2.30 bits per heavy atom. The summed E-state index contributed by atoms with van der Waals surface area (Å²) in [6, 6.07) is 9.33.